The zero-order valence-corrected chi connectivity index (χ0v) is 20.6. The van der Waals surface area contributed by atoms with Gasteiger partial charge >= 0.3 is 0 Å². The molecule has 2 heterocycles. The number of rotatable bonds is 7. The molecule has 0 radical (unpaired) electrons. The minimum atomic E-state index is -0.177. The van der Waals surface area contributed by atoms with Crippen molar-refractivity contribution in [3.8, 4) is 11.5 Å². The van der Waals surface area contributed by atoms with E-state index in [-0.39, 0.29) is 5.91 Å². The fourth-order valence-corrected chi connectivity index (χ4v) is 4.78. The Morgan fingerprint density at radius 2 is 1.74 bits per heavy atom. The maximum Gasteiger partial charge on any atom is 0.272 e. The highest BCUT2D eigenvalue weighted by Gasteiger charge is 2.19. The molecule has 3 aromatic carbocycles. The molecule has 0 unspecified atom stereocenters. The maximum absolute atomic E-state index is 12.7. The van der Waals surface area contributed by atoms with Gasteiger partial charge in [0.15, 0.2) is 11.5 Å². The molecule has 1 aliphatic rings. The SMILES string of the molecule is COc1cc2c(cc1OC)CN(CCc1ccc(NC(=O)c3cc4cc(Cl)ccc4[nH]3)cc1)CC2. The Hall–Kier alpha value is -3.48. The summed E-state index contributed by atoms with van der Waals surface area (Å²) < 4.78 is 10.9. The molecular formula is C28H28ClN3O3. The van der Waals surface area contributed by atoms with Gasteiger partial charge in [-0.25, -0.2) is 0 Å². The smallest absolute Gasteiger partial charge is 0.272 e. The van der Waals surface area contributed by atoms with Crippen molar-refractivity contribution in [2.75, 3.05) is 32.6 Å². The van der Waals surface area contributed by atoms with Crippen LogP contribution in [0.15, 0.2) is 60.7 Å². The molecule has 0 fully saturated rings. The first-order chi connectivity index (χ1) is 17.0. The monoisotopic (exact) mass is 489 g/mol. The maximum atomic E-state index is 12.7. The zero-order valence-electron chi connectivity index (χ0n) is 19.9. The first-order valence-corrected chi connectivity index (χ1v) is 12.0. The number of aromatic amines is 1. The number of nitrogens with one attached hydrogen (secondary N) is 2. The van der Waals surface area contributed by atoms with Crippen LogP contribution in [0.3, 0.4) is 0 Å². The standard InChI is InChI=1S/C28H28ClN3O3/c1-34-26-15-19-10-12-32(17-21(19)16-27(26)35-2)11-9-18-3-6-23(7-4-18)30-28(33)25-14-20-13-22(29)5-8-24(20)31-25/h3-8,13-16,31H,9-12,17H2,1-2H3,(H,30,33). The van der Waals surface area contributed by atoms with Crippen molar-refractivity contribution in [3.05, 3.63) is 88.1 Å². The van der Waals surface area contributed by atoms with Gasteiger partial charge in [0.05, 0.1) is 14.2 Å². The van der Waals surface area contributed by atoms with Crippen molar-refractivity contribution < 1.29 is 14.3 Å². The average Bonchev–Trinajstić information content (AvgIpc) is 3.30. The van der Waals surface area contributed by atoms with E-state index in [0.717, 1.165) is 60.6 Å². The lowest BCUT2D eigenvalue weighted by Gasteiger charge is -2.29. The number of methoxy groups -OCH3 is 2. The second-order valence-corrected chi connectivity index (χ2v) is 9.25. The molecule has 0 spiro atoms. The Balaban J connectivity index is 1.17. The first-order valence-electron chi connectivity index (χ1n) is 11.7. The second kappa shape index (κ2) is 10.0. The number of anilines is 1. The van der Waals surface area contributed by atoms with Crippen LogP contribution in [0, 0.1) is 0 Å². The predicted octanol–water partition coefficient (Wildman–Crippen LogP) is 5.69. The molecule has 180 valence electrons. The van der Waals surface area contributed by atoms with Crippen LogP contribution in [-0.2, 0) is 19.4 Å². The predicted molar refractivity (Wildman–Crippen MR) is 140 cm³/mol. The van der Waals surface area contributed by atoms with Gasteiger partial charge in [-0.3, -0.25) is 9.69 Å². The third-order valence-electron chi connectivity index (χ3n) is 6.55. The lowest BCUT2D eigenvalue weighted by atomic mass is 9.98. The van der Waals surface area contributed by atoms with Gasteiger partial charge in [-0.2, -0.15) is 0 Å². The van der Waals surface area contributed by atoms with Crippen LogP contribution in [0.1, 0.15) is 27.2 Å². The fraction of sp³-hybridized carbons (Fsp3) is 0.250. The molecule has 35 heavy (non-hydrogen) atoms. The molecular weight excluding hydrogens is 462 g/mol. The third kappa shape index (κ3) is 5.14. The van der Waals surface area contributed by atoms with Gasteiger partial charge in [-0.05, 0) is 78.1 Å². The van der Waals surface area contributed by atoms with Crippen LogP contribution >= 0.6 is 11.6 Å². The van der Waals surface area contributed by atoms with E-state index in [0.29, 0.717) is 10.7 Å². The number of ether oxygens (including phenoxy) is 2. The van der Waals surface area contributed by atoms with Gasteiger partial charge < -0.3 is 19.8 Å². The van der Waals surface area contributed by atoms with E-state index < -0.39 is 0 Å². The Morgan fingerprint density at radius 3 is 2.49 bits per heavy atom. The molecule has 0 atom stereocenters. The molecule has 7 heteroatoms. The van der Waals surface area contributed by atoms with Crippen LogP contribution in [0.25, 0.3) is 10.9 Å². The number of nitrogens with zero attached hydrogens (tertiary/aromatic N) is 1. The van der Waals surface area contributed by atoms with Crippen molar-refractivity contribution in [2.24, 2.45) is 0 Å². The quantitative estimate of drug-likeness (QED) is 0.350. The average molecular weight is 490 g/mol. The molecule has 0 saturated carbocycles. The first kappa shape index (κ1) is 23.3. The van der Waals surface area contributed by atoms with E-state index in [1.54, 1.807) is 20.3 Å². The van der Waals surface area contributed by atoms with Gasteiger partial charge in [0.2, 0.25) is 0 Å². The van der Waals surface area contributed by atoms with Crippen LogP contribution < -0.4 is 14.8 Å². The van der Waals surface area contributed by atoms with E-state index in [9.17, 15) is 4.79 Å². The van der Waals surface area contributed by atoms with Crippen molar-refractivity contribution in [1.82, 2.24) is 9.88 Å². The zero-order chi connectivity index (χ0) is 24.4. The molecule has 0 bridgehead atoms. The van der Waals surface area contributed by atoms with Crippen molar-refractivity contribution in [3.63, 3.8) is 0 Å². The number of H-pyrrole nitrogens is 1. The summed E-state index contributed by atoms with van der Waals surface area (Å²) in [5, 5.41) is 4.52. The number of carbonyl (C=O) groups excluding carboxylic acids is 1. The lowest BCUT2D eigenvalue weighted by Crippen LogP contribution is -2.32. The third-order valence-corrected chi connectivity index (χ3v) is 6.79. The highest BCUT2D eigenvalue weighted by Crippen LogP contribution is 2.33. The van der Waals surface area contributed by atoms with Crippen LogP contribution in [0.4, 0.5) is 5.69 Å². The van der Waals surface area contributed by atoms with Gasteiger partial charge in [0, 0.05) is 41.2 Å². The number of aromatic nitrogens is 1. The molecule has 6 nitrogen and oxygen atoms in total. The van der Waals surface area contributed by atoms with Crippen LogP contribution in [0.2, 0.25) is 5.02 Å². The lowest BCUT2D eigenvalue weighted by molar-refractivity contribution is 0.102. The second-order valence-electron chi connectivity index (χ2n) is 8.82. The molecule has 5 rings (SSSR count). The molecule has 1 amide bonds. The molecule has 0 saturated heterocycles. The normalized spacial score (nSPS) is 13.5. The number of fused-ring (bicyclic) bond motifs is 2. The minimum absolute atomic E-state index is 0.177. The summed E-state index contributed by atoms with van der Waals surface area (Å²) in [5.74, 6) is 1.40. The van der Waals surface area contributed by atoms with E-state index in [1.165, 1.54) is 16.7 Å². The van der Waals surface area contributed by atoms with E-state index in [1.807, 2.05) is 30.3 Å². The number of amides is 1. The van der Waals surface area contributed by atoms with Crippen LogP contribution in [-0.4, -0.2) is 43.1 Å². The fourth-order valence-electron chi connectivity index (χ4n) is 4.60. The molecule has 0 aliphatic carbocycles. The summed E-state index contributed by atoms with van der Waals surface area (Å²) in [6.07, 6.45) is 1.94. The molecule has 1 aliphatic heterocycles. The van der Waals surface area contributed by atoms with Crippen molar-refractivity contribution >= 4 is 34.1 Å². The Bertz CT molecular complexity index is 1360. The molecule has 4 aromatic rings. The van der Waals surface area contributed by atoms with E-state index in [2.05, 4.69) is 39.5 Å². The highest BCUT2D eigenvalue weighted by atomic mass is 35.5. The summed E-state index contributed by atoms with van der Waals surface area (Å²) >= 11 is 6.05. The number of halogens is 1. The number of benzene rings is 3. The van der Waals surface area contributed by atoms with Crippen molar-refractivity contribution in [2.45, 2.75) is 19.4 Å². The Kier molecular flexibility index (Phi) is 6.66. The number of hydrogen-bond donors (Lipinski definition) is 2. The van der Waals surface area contributed by atoms with Crippen LogP contribution in [0.5, 0.6) is 11.5 Å². The number of carbonyl (C=O) groups is 1. The molecule has 1 aromatic heterocycles. The Labute approximate surface area is 209 Å². The largest absolute Gasteiger partial charge is 0.493 e. The molecule has 2 N–H and O–H groups in total. The highest BCUT2D eigenvalue weighted by molar-refractivity contribution is 6.31. The van der Waals surface area contributed by atoms with Gasteiger partial charge in [-0.1, -0.05) is 23.7 Å². The summed E-state index contributed by atoms with van der Waals surface area (Å²) in [4.78, 5) is 18.3. The summed E-state index contributed by atoms with van der Waals surface area (Å²) in [6.45, 7) is 2.89. The number of hydrogen-bond acceptors (Lipinski definition) is 4. The van der Waals surface area contributed by atoms with E-state index in [4.69, 9.17) is 21.1 Å². The summed E-state index contributed by atoms with van der Waals surface area (Å²) in [6, 6.07) is 19.6. The topological polar surface area (TPSA) is 66.6 Å². The summed E-state index contributed by atoms with van der Waals surface area (Å²) in [5.41, 5.74) is 6.02. The Morgan fingerprint density at radius 1 is 1.00 bits per heavy atom. The van der Waals surface area contributed by atoms with Crippen molar-refractivity contribution in [1.29, 1.82) is 0 Å². The summed E-state index contributed by atoms with van der Waals surface area (Å²) in [7, 11) is 3.35. The van der Waals surface area contributed by atoms with Gasteiger partial charge in [0.25, 0.3) is 5.91 Å². The van der Waals surface area contributed by atoms with Gasteiger partial charge in [0.1, 0.15) is 5.69 Å². The van der Waals surface area contributed by atoms with Gasteiger partial charge in [-0.15, -0.1) is 0 Å². The van der Waals surface area contributed by atoms with E-state index >= 15 is 0 Å². The minimum Gasteiger partial charge on any atom is -0.493 e.